The Balaban J connectivity index is 1.65. The molecule has 0 bridgehead atoms. The number of aliphatic imine (C=N–C) groups is 1. The number of ether oxygens (including phenoxy) is 1. The van der Waals surface area contributed by atoms with Crippen LogP contribution >= 0.6 is 0 Å². The smallest absolute Gasteiger partial charge is 0.338 e. The van der Waals surface area contributed by atoms with Crippen molar-refractivity contribution in [1.29, 1.82) is 0 Å². The predicted molar refractivity (Wildman–Crippen MR) is 159 cm³/mol. The molecule has 1 atom stereocenters. The lowest BCUT2D eigenvalue weighted by atomic mass is 9.98. The molecule has 10 nitrogen and oxygen atoms in total. The third-order valence-electron chi connectivity index (χ3n) is 6.55. The Morgan fingerprint density at radius 2 is 1.76 bits per heavy atom. The van der Waals surface area contributed by atoms with Gasteiger partial charge in [0.25, 0.3) is 0 Å². The number of aliphatic hydroxyl groups excluding tert-OH is 1. The molecule has 0 spiro atoms. The van der Waals surface area contributed by atoms with E-state index in [1.807, 2.05) is 55.3 Å². The number of carbonyl (C=O) groups excluding carboxylic acids is 1. The third-order valence-corrected chi connectivity index (χ3v) is 7.80. The van der Waals surface area contributed by atoms with Crippen molar-refractivity contribution in [1.82, 2.24) is 14.4 Å². The second-order valence-electron chi connectivity index (χ2n) is 9.42. The summed E-state index contributed by atoms with van der Waals surface area (Å²) in [5, 5.41) is 20.7. The highest BCUT2D eigenvalue weighted by Crippen LogP contribution is 2.33. The summed E-state index contributed by atoms with van der Waals surface area (Å²) in [4.78, 5) is 28.1. The number of benzene rings is 3. The van der Waals surface area contributed by atoms with Crippen LogP contribution in [-0.2, 0) is 20.6 Å². The molecule has 11 heteroatoms. The first-order chi connectivity index (χ1) is 19.7. The number of rotatable bonds is 12. The van der Waals surface area contributed by atoms with Crippen LogP contribution in [0.5, 0.6) is 5.88 Å². The van der Waals surface area contributed by atoms with Crippen LogP contribution in [0.4, 0.5) is 5.69 Å². The van der Waals surface area contributed by atoms with Crippen molar-refractivity contribution in [3.8, 4) is 5.88 Å². The van der Waals surface area contributed by atoms with E-state index in [1.165, 1.54) is 11.6 Å². The summed E-state index contributed by atoms with van der Waals surface area (Å²) in [5.74, 6) is -0.537. The van der Waals surface area contributed by atoms with Crippen LogP contribution in [0, 0.1) is 6.92 Å². The van der Waals surface area contributed by atoms with Crippen molar-refractivity contribution in [2.24, 2.45) is 4.99 Å². The molecular weight excluding hydrogens is 544 g/mol. The maximum atomic E-state index is 13.0. The number of likely N-dealkylation sites (N-methyl/N-ethyl adjacent to an activating group) is 1. The number of aromatic nitrogens is 1. The summed E-state index contributed by atoms with van der Waals surface area (Å²) in [6.45, 7) is 3.33. The average Bonchev–Trinajstić information content (AvgIpc) is 3.29. The molecule has 3 aromatic carbocycles. The summed E-state index contributed by atoms with van der Waals surface area (Å²) in [6.07, 6.45) is 0. The number of nitrogens with zero attached hydrogens (tertiary/aromatic N) is 3. The van der Waals surface area contributed by atoms with E-state index in [0.717, 1.165) is 5.56 Å². The number of aliphatic hydroxyl groups is 1. The van der Waals surface area contributed by atoms with Gasteiger partial charge in [0.05, 0.1) is 47.7 Å². The highest BCUT2D eigenvalue weighted by molar-refractivity contribution is 7.82. The number of aromatic hydroxyl groups is 1. The van der Waals surface area contributed by atoms with Gasteiger partial charge in [0.1, 0.15) is 0 Å². The molecule has 4 rings (SSSR count). The number of aromatic amines is 1. The highest BCUT2D eigenvalue weighted by atomic mass is 32.2. The normalized spacial score (nSPS) is 12.8. The van der Waals surface area contributed by atoms with E-state index < -0.39 is 17.0 Å². The lowest BCUT2D eigenvalue weighted by Crippen LogP contribution is -2.30. The van der Waals surface area contributed by atoms with Gasteiger partial charge < -0.3 is 24.8 Å². The zero-order valence-electron chi connectivity index (χ0n) is 23.5. The van der Waals surface area contributed by atoms with Crippen LogP contribution < -0.4 is 0 Å². The fourth-order valence-corrected chi connectivity index (χ4v) is 5.17. The zero-order valence-corrected chi connectivity index (χ0v) is 24.3. The van der Waals surface area contributed by atoms with E-state index >= 15 is 0 Å². The Hall–Kier alpha value is -3.87. The maximum Gasteiger partial charge on any atom is 0.338 e. The number of hydrogen-bond acceptors (Lipinski definition) is 8. The van der Waals surface area contributed by atoms with E-state index in [1.54, 1.807) is 37.4 Å². The van der Waals surface area contributed by atoms with Crippen LogP contribution in [-0.4, -0.2) is 88.0 Å². The minimum Gasteiger partial charge on any atom is -0.494 e. The number of esters is 1. The molecule has 0 aliphatic carbocycles. The third kappa shape index (κ3) is 7.07. The van der Waals surface area contributed by atoms with Gasteiger partial charge in [-0.1, -0.05) is 30.3 Å². The molecule has 0 saturated carbocycles. The van der Waals surface area contributed by atoms with E-state index in [4.69, 9.17) is 19.7 Å². The summed E-state index contributed by atoms with van der Waals surface area (Å²) in [6, 6.07) is 19.9. The molecule has 1 aromatic heterocycles. The van der Waals surface area contributed by atoms with E-state index in [-0.39, 0.29) is 12.5 Å². The number of methoxy groups -OCH3 is 1. The molecule has 0 amide bonds. The fraction of sp³-hybridized carbons (Fsp3) is 0.267. The monoisotopic (exact) mass is 578 g/mol. The van der Waals surface area contributed by atoms with Crippen LogP contribution in [0.15, 0.2) is 76.6 Å². The Labute approximate surface area is 241 Å². The molecule has 41 heavy (non-hydrogen) atoms. The van der Waals surface area contributed by atoms with Gasteiger partial charge in [0.15, 0.2) is 16.9 Å². The van der Waals surface area contributed by atoms with Crippen LogP contribution in [0.25, 0.3) is 10.9 Å². The van der Waals surface area contributed by atoms with Crippen LogP contribution in [0.2, 0.25) is 0 Å². The number of H-pyrrole nitrogens is 1. The minimum absolute atomic E-state index is 0.0645. The lowest BCUT2D eigenvalue weighted by molar-refractivity contribution is -0.0662. The molecule has 3 N–H and O–H groups in total. The fourth-order valence-electron chi connectivity index (χ4n) is 4.34. The summed E-state index contributed by atoms with van der Waals surface area (Å²) < 4.78 is 19.2. The molecule has 0 saturated heterocycles. The van der Waals surface area contributed by atoms with Crippen LogP contribution in [0.1, 0.15) is 27.0 Å². The average molecular weight is 579 g/mol. The number of fused-ring (bicyclic) bond motifs is 1. The largest absolute Gasteiger partial charge is 0.494 e. The van der Waals surface area contributed by atoms with Gasteiger partial charge in [-0.25, -0.2) is 14.0 Å². The molecule has 0 aliphatic rings. The Morgan fingerprint density at radius 3 is 2.41 bits per heavy atom. The highest BCUT2D eigenvalue weighted by Gasteiger charge is 2.21. The lowest BCUT2D eigenvalue weighted by Gasteiger charge is -2.19. The molecule has 0 aliphatic heterocycles. The summed E-state index contributed by atoms with van der Waals surface area (Å²) >= 11 is 0. The Bertz CT molecular complexity index is 1550. The van der Waals surface area contributed by atoms with Gasteiger partial charge in [0.2, 0.25) is 0 Å². The quantitative estimate of drug-likeness (QED) is 0.132. The van der Waals surface area contributed by atoms with Gasteiger partial charge in [-0.15, -0.1) is 4.47 Å². The van der Waals surface area contributed by atoms with Gasteiger partial charge in [0, 0.05) is 36.6 Å². The molecule has 216 valence electrons. The van der Waals surface area contributed by atoms with Gasteiger partial charge >= 0.3 is 5.97 Å². The number of carbonyl (C=O) groups is 1. The minimum atomic E-state index is -1.55. The predicted octanol–water partition coefficient (Wildman–Crippen LogP) is 3.95. The van der Waals surface area contributed by atoms with E-state index in [9.17, 15) is 14.1 Å². The van der Waals surface area contributed by atoms with Crippen molar-refractivity contribution < 1.29 is 28.8 Å². The van der Waals surface area contributed by atoms with E-state index in [0.29, 0.717) is 63.6 Å². The molecule has 1 unspecified atom stereocenters. The second-order valence-corrected chi connectivity index (χ2v) is 10.9. The number of aryl methyl sites for hydroxylation is 1. The zero-order chi connectivity index (χ0) is 29.5. The second kappa shape index (κ2) is 13.7. The molecule has 4 aromatic rings. The topological polar surface area (TPSA) is 128 Å². The Kier molecular flexibility index (Phi) is 10.0. The standard InChI is InChI=1S/C30H34N4O6S/c1-20-18-25-26(19-24(20)30(37)39-4)32-29(36)27(25)28(21-8-6-5-7-9-21)31-22-10-12-23(13-11-22)41(38)34(3)40-17-15-33(2)14-16-35/h5-13,18-19,32,35-36H,14-17H2,1-4H3. The van der Waals surface area contributed by atoms with E-state index in [2.05, 4.69) is 4.98 Å². The Morgan fingerprint density at radius 1 is 1.05 bits per heavy atom. The SMILES string of the molecule is COC(=O)c1cc2[nH]c(O)c(C(=Nc3ccc(S(=O)N(C)OCCN(C)CCO)cc3)c3ccccc3)c2cc1C. The first kappa shape index (κ1) is 30.1. The molecular formula is C30H34N4O6S. The number of nitrogens with one attached hydrogen (secondary N) is 1. The maximum absolute atomic E-state index is 13.0. The van der Waals surface area contributed by atoms with Gasteiger partial charge in [-0.3, -0.25) is 4.84 Å². The first-order valence-electron chi connectivity index (χ1n) is 13.0. The summed E-state index contributed by atoms with van der Waals surface area (Å²) in [5.41, 5.74) is 4.08. The number of hydrogen-bond donors (Lipinski definition) is 3. The van der Waals surface area contributed by atoms with Crippen molar-refractivity contribution in [3.63, 3.8) is 0 Å². The van der Waals surface area contributed by atoms with Crippen molar-refractivity contribution in [3.05, 3.63) is 89.0 Å². The molecule has 1 heterocycles. The molecule has 0 radical (unpaired) electrons. The number of hydroxylamine groups is 1. The molecule has 0 fully saturated rings. The van der Waals surface area contributed by atoms with Crippen molar-refractivity contribution in [2.45, 2.75) is 11.8 Å². The first-order valence-corrected chi connectivity index (χ1v) is 14.1. The summed E-state index contributed by atoms with van der Waals surface area (Å²) in [7, 11) is 3.25. The van der Waals surface area contributed by atoms with Gasteiger partial charge in [-0.05, 0) is 55.9 Å². The van der Waals surface area contributed by atoms with Crippen LogP contribution in [0.3, 0.4) is 0 Å². The van der Waals surface area contributed by atoms with Crippen molar-refractivity contribution >= 4 is 39.3 Å². The van der Waals surface area contributed by atoms with Gasteiger partial charge in [-0.2, -0.15) is 0 Å². The van der Waals surface area contributed by atoms with Crippen molar-refractivity contribution in [2.75, 3.05) is 47.5 Å².